The Kier molecular flexibility index (Phi) is 2.97. The third-order valence-electron chi connectivity index (χ3n) is 3.48. The Morgan fingerprint density at radius 2 is 2.06 bits per heavy atom. The maximum atomic E-state index is 10.8. The van der Waals surface area contributed by atoms with Gasteiger partial charge in [0, 0.05) is 5.92 Å². The van der Waals surface area contributed by atoms with Gasteiger partial charge in [0.25, 0.3) is 0 Å². The second kappa shape index (κ2) is 4.26. The molecule has 1 fully saturated rings. The van der Waals surface area contributed by atoms with Gasteiger partial charge in [-0.15, -0.1) is 0 Å². The molecule has 0 radical (unpaired) electrons. The second-order valence-electron chi connectivity index (χ2n) is 4.48. The molecule has 3 nitrogen and oxygen atoms in total. The lowest BCUT2D eigenvalue weighted by Gasteiger charge is -2.29. The molecular formula is C13H16O3. The van der Waals surface area contributed by atoms with Crippen LogP contribution in [0.2, 0.25) is 0 Å². The molecule has 0 spiro atoms. The normalized spacial score (nSPS) is 29.2. The van der Waals surface area contributed by atoms with Crippen LogP contribution in [0, 0.1) is 5.92 Å². The van der Waals surface area contributed by atoms with Crippen molar-refractivity contribution in [3.8, 4) is 0 Å². The van der Waals surface area contributed by atoms with Gasteiger partial charge >= 0.3 is 5.97 Å². The molecule has 2 unspecified atom stereocenters. The molecule has 0 saturated heterocycles. The summed E-state index contributed by atoms with van der Waals surface area (Å²) < 4.78 is 0. The molecule has 0 amide bonds. The third kappa shape index (κ3) is 1.95. The highest BCUT2D eigenvalue weighted by Gasteiger charge is 2.43. The fourth-order valence-electron chi connectivity index (χ4n) is 2.65. The molecule has 16 heavy (non-hydrogen) atoms. The molecule has 86 valence electrons. The fourth-order valence-corrected chi connectivity index (χ4v) is 2.65. The number of carboxylic acid groups (broad SMARTS) is 1. The summed E-state index contributed by atoms with van der Waals surface area (Å²) in [6, 6.07) is 9.40. The van der Waals surface area contributed by atoms with Crippen molar-refractivity contribution < 1.29 is 15.0 Å². The lowest BCUT2D eigenvalue weighted by Crippen LogP contribution is -2.31. The van der Waals surface area contributed by atoms with Gasteiger partial charge in [0.1, 0.15) is 0 Å². The van der Waals surface area contributed by atoms with E-state index in [2.05, 4.69) is 0 Å². The van der Waals surface area contributed by atoms with E-state index >= 15 is 0 Å². The quantitative estimate of drug-likeness (QED) is 0.820. The lowest BCUT2D eigenvalue weighted by atomic mass is 9.82. The molecule has 0 aliphatic heterocycles. The minimum atomic E-state index is -0.945. The van der Waals surface area contributed by atoms with E-state index in [9.17, 15) is 9.90 Å². The molecule has 3 heteroatoms. The first-order valence-electron chi connectivity index (χ1n) is 5.62. The van der Waals surface area contributed by atoms with Gasteiger partial charge in [-0.05, 0) is 24.8 Å². The number of hydrogen-bond donors (Lipinski definition) is 2. The van der Waals surface area contributed by atoms with Crippen molar-refractivity contribution >= 4 is 5.97 Å². The number of rotatable bonds is 3. The van der Waals surface area contributed by atoms with Crippen molar-refractivity contribution in [2.24, 2.45) is 5.92 Å². The van der Waals surface area contributed by atoms with Gasteiger partial charge in [-0.3, -0.25) is 4.79 Å². The molecule has 2 rings (SSSR count). The predicted octanol–water partition coefficient (Wildman–Crippen LogP) is 2.15. The average Bonchev–Trinajstić information content (AvgIpc) is 2.62. The first-order valence-corrected chi connectivity index (χ1v) is 5.62. The van der Waals surface area contributed by atoms with E-state index in [1.54, 1.807) is 0 Å². The summed E-state index contributed by atoms with van der Waals surface area (Å²) in [4.78, 5) is 10.8. The maximum absolute atomic E-state index is 10.8. The Balaban J connectivity index is 2.26. The Morgan fingerprint density at radius 3 is 2.69 bits per heavy atom. The van der Waals surface area contributed by atoms with E-state index < -0.39 is 11.6 Å². The summed E-state index contributed by atoms with van der Waals surface area (Å²) in [7, 11) is 0. The number of aliphatic hydroxyl groups is 1. The number of aliphatic carboxylic acids is 1. The standard InChI is InChI=1S/C13H16O3/c14-12(15)9-11-7-4-8-13(11,16)10-5-2-1-3-6-10/h1-3,5-6,11,16H,4,7-9H2,(H,14,15). The molecule has 2 atom stereocenters. The fraction of sp³-hybridized carbons (Fsp3) is 0.462. The monoisotopic (exact) mass is 220 g/mol. The summed E-state index contributed by atoms with van der Waals surface area (Å²) in [6.07, 6.45) is 2.39. The van der Waals surface area contributed by atoms with Crippen LogP contribution in [0.5, 0.6) is 0 Å². The van der Waals surface area contributed by atoms with Gasteiger partial charge in [0.15, 0.2) is 0 Å². The van der Waals surface area contributed by atoms with Crippen molar-refractivity contribution in [2.45, 2.75) is 31.3 Å². The Morgan fingerprint density at radius 1 is 1.38 bits per heavy atom. The van der Waals surface area contributed by atoms with Crippen LogP contribution in [0.4, 0.5) is 0 Å². The SMILES string of the molecule is O=C(O)CC1CCCC1(O)c1ccccc1. The zero-order chi connectivity index (χ0) is 11.6. The highest BCUT2D eigenvalue weighted by Crippen LogP contribution is 2.45. The van der Waals surface area contributed by atoms with Crippen molar-refractivity contribution in [3.05, 3.63) is 35.9 Å². The van der Waals surface area contributed by atoms with Crippen molar-refractivity contribution in [2.75, 3.05) is 0 Å². The van der Waals surface area contributed by atoms with Crippen LogP contribution in [-0.4, -0.2) is 16.2 Å². The molecule has 1 aromatic carbocycles. The van der Waals surface area contributed by atoms with Gasteiger partial charge < -0.3 is 10.2 Å². The van der Waals surface area contributed by atoms with Crippen LogP contribution < -0.4 is 0 Å². The topological polar surface area (TPSA) is 57.5 Å². The second-order valence-corrected chi connectivity index (χ2v) is 4.48. The summed E-state index contributed by atoms with van der Waals surface area (Å²) in [5.41, 5.74) is -0.0987. The summed E-state index contributed by atoms with van der Waals surface area (Å²) >= 11 is 0. The highest BCUT2D eigenvalue weighted by atomic mass is 16.4. The summed E-state index contributed by atoms with van der Waals surface area (Å²) in [6.45, 7) is 0. The summed E-state index contributed by atoms with van der Waals surface area (Å²) in [5, 5.41) is 19.4. The molecule has 0 heterocycles. The lowest BCUT2D eigenvalue weighted by molar-refractivity contribution is -0.140. The van der Waals surface area contributed by atoms with Gasteiger partial charge in [0.2, 0.25) is 0 Å². The molecule has 1 aliphatic carbocycles. The van der Waals surface area contributed by atoms with Gasteiger partial charge in [0.05, 0.1) is 12.0 Å². The van der Waals surface area contributed by atoms with Gasteiger partial charge in [-0.2, -0.15) is 0 Å². The van der Waals surface area contributed by atoms with E-state index in [-0.39, 0.29) is 12.3 Å². The molecule has 1 aromatic rings. The van der Waals surface area contributed by atoms with Crippen LogP contribution >= 0.6 is 0 Å². The maximum Gasteiger partial charge on any atom is 0.303 e. The van der Waals surface area contributed by atoms with Crippen LogP contribution in [-0.2, 0) is 10.4 Å². The average molecular weight is 220 g/mol. The number of benzene rings is 1. The van der Waals surface area contributed by atoms with E-state index in [0.717, 1.165) is 18.4 Å². The summed E-state index contributed by atoms with van der Waals surface area (Å²) in [5.74, 6) is -0.992. The Labute approximate surface area is 94.7 Å². The first-order chi connectivity index (χ1) is 7.63. The predicted molar refractivity (Wildman–Crippen MR) is 59.9 cm³/mol. The minimum Gasteiger partial charge on any atom is -0.481 e. The first kappa shape index (κ1) is 11.1. The smallest absolute Gasteiger partial charge is 0.303 e. The van der Waals surface area contributed by atoms with E-state index in [1.807, 2.05) is 30.3 Å². The van der Waals surface area contributed by atoms with Crippen molar-refractivity contribution in [1.29, 1.82) is 0 Å². The van der Waals surface area contributed by atoms with Crippen molar-refractivity contribution in [1.82, 2.24) is 0 Å². The Bertz CT molecular complexity index is 374. The minimum absolute atomic E-state index is 0.0470. The highest BCUT2D eigenvalue weighted by molar-refractivity contribution is 5.67. The van der Waals surface area contributed by atoms with E-state index in [4.69, 9.17) is 5.11 Å². The van der Waals surface area contributed by atoms with Crippen molar-refractivity contribution in [3.63, 3.8) is 0 Å². The molecular weight excluding hydrogens is 204 g/mol. The number of carboxylic acids is 1. The van der Waals surface area contributed by atoms with Crippen LogP contribution in [0.1, 0.15) is 31.2 Å². The largest absolute Gasteiger partial charge is 0.481 e. The van der Waals surface area contributed by atoms with Crippen LogP contribution in [0.25, 0.3) is 0 Å². The van der Waals surface area contributed by atoms with Crippen LogP contribution in [0.15, 0.2) is 30.3 Å². The van der Waals surface area contributed by atoms with Crippen LogP contribution in [0.3, 0.4) is 0 Å². The zero-order valence-corrected chi connectivity index (χ0v) is 9.10. The molecule has 1 aliphatic rings. The number of hydrogen-bond acceptors (Lipinski definition) is 2. The van der Waals surface area contributed by atoms with E-state index in [1.165, 1.54) is 0 Å². The molecule has 1 saturated carbocycles. The number of carbonyl (C=O) groups is 1. The van der Waals surface area contributed by atoms with Gasteiger partial charge in [-0.1, -0.05) is 30.3 Å². The zero-order valence-electron chi connectivity index (χ0n) is 9.10. The Hall–Kier alpha value is -1.35. The third-order valence-corrected chi connectivity index (χ3v) is 3.48. The van der Waals surface area contributed by atoms with Gasteiger partial charge in [-0.25, -0.2) is 0 Å². The molecule has 0 aromatic heterocycles. The molecule has 0 bridgehead atoms. The molecule has 2 N–H and O–H groups in total. The van der Waals surface area contributed by atoms with E-state index in [0.29, 0.717) is 6.42 Å².